The Bertz CT molecular complexity index is 556. The number of nitrogens with one attached hydrogen (secondary N) is 2. The highest BCUT2D eigenvalue weighted by atomic mass is 127. The number of nitrogens with zero attached hydrogens (tertiary/aromatic N) is 1. The fraction of sp³-hybridized carbons (Fsp3) is 0.500. The second-order valence-electron chi connectivity index (χ2n) is 5.06. The maximum Gasteiger partial charge on any atom is 0.305 e. The number of ether oxygens (including phenoxy) is 1. The fourth-order valence-electron chi connectivity index (χ4n) is 2.03. The lowest BCUT2D eigenvalue weighted by molar-refractivity contribution is -0.140. The second-order valence-corrected chi connectivity index (χ2v) is 5.91. The monoisotopic (exact) mass is 487 g/mol. The van der Waals surface area contributed by atoms with E-state index in [9.17, 15) is 4.79 Å². The molecule has 0 aliphatic carbocycles. The lowest BCUT2D eigenvalue weighted by atomic mass is 10.1. The molecule has 136 valence electrons. The number of esters is 1. The first-order valence-corrected chi connectivity index (χ1v) is 8.22. The maximum atomic E-state index is 11.0. The topological polar surface area (TPSA) is 62.7 Å². The summed E-state index contributed by atoms with van der Waals surface area (Å²) in [5.74, 6) is 0.500. The second kappa shape index (κ2) is 12.6. The molecule has 1 atom stereocenters. The molecule has 24 heavy (non-hydrogen) atoms. The van der Waals surface area contributed by atoms with Gasteiger partial charge in [0.15, 0.2) is 5.96 Å². The summed E-state index contributed by atoms with van der Waals surface area (Å²) in [6, 6.07) is 5.41. The lowest BCUT2D eigenvalue weighted by Crippen LogP contribution is -2.39. The number of aliphatic imine (C=N–C) groups is 1. The molecule has 8 heteroatoms. The van der Waals surface area contributed by atoms with Crippen LogP contribution in [0.1, 0.15) is 37.8 Å². The van der Waals surface area contributed by atoms with Crippen LogP contribution in [0.5, 0.6) is 0 Å². The smallest absolute Gasteiger partial charge is 0.305 e. The molecular weight excluding hydrogens is 464 g/mol. The van der Waals surface area contributed by atoms with Crippen molar-refractivity contribution in [3.05, 3.63) is 33.8 Å². The Morgan fingerprint density at radius 2 is 2.04 bits per heavy atom. The molecule has 0 bridgehead atoms. The number of hydrogen-bond acceptors (Lipinski definition) is 3. The van der Waals surface area contributed by atoms with Crippen LogP contribution in [0.3, 0.4) is 0 Å². The molecule has 0 saturated carbocycles. The molecule has 0 saturated heterocycles. The van der Waals surface area contributed by atoms with Crippen LogP contribution in [0.2, 0.25) is 10.0 Å². The van der Waals surface area contributed by atoms with Gasteiger partial charge in [0.2, 0.25) is 0 Å². The summed E-state index contributed by atoms with van der Waals surface area (Å²) in [5.41, 5.74) is 0.949. The number of carbonyl (C=O) groups is 1. The molecule has 0 fully saturated rings. The number of halogens is 3. The van der Waals surface area contributed by atoms with Crippen LogP contribution >= 0.6 is 47.2 Å². The van der Waals surface area contributed by atoms with E-state index in [2.05, 4.69) is 20.4 Å². The standard InChI is InChI=1S/C16H23Cl2N3O2.HI/c1-11(13-8-7-12(17)10-14(13)18)21-16(19-2)20-9-5-4-6-15(22)23-3;/h7-8,10-11H,4-6,9H2,1-3H3,(H2,19,20,21);1H. The third-order valence-electron chi connectivity index (χ3n) is 3.33. The summed E-state index contributed by atoms with van der Waals surface area (Å²) >= 11 is 12.1. The van der Waals surface area contributed by atoms with Crippen LogP contribution in [0.15, 0.2) is 23.2 Å². The average Bonchev–Trinajstić information content (AvgIpc) is 2.52. The van der Waals surface area contributed by atoms with Gasteiger partial charge in [-0.05, 0) is 37.5 Å². The normalized spacial score (nSPS) is 12.1. The molecule has 0 radical (unpaired) electrons. The summed E-state index contributed by atoms with van der Waals surface area (Å²) < 4.78 is 4.60. The highest BCUT2D eigenvalue weighted by Gasteiger charge is 2.11. The SMILES string of the molecule is CN=C(NCCCCC(=O)OC)NC(C)c1ccc(Cl)cc1Cl.I. The van der Waals surface area contributed by atoms with Crippen molar-refractivity contribution in [2.45, 2.75) is 32.2 Å². The molecule has 1 aromatic rings. The van der Waals surface area contributed by atoms with E-state index in [0.29, 0.717) is 22.4 Å². The van der Waals surface area contributed by atoms with Gasteiger partial charge in [-0.15, -0.1) is 24.0 Å². The van der Waals surface area contributed by atoms with Gasteiger partial charge in [-0.25, -0.2) is 0 Å². The zero-order valence-corrected chi connectivity index (χ0v) is 17.9. The van der Waals surface area contributed by atoms with E-state index in [4.69, 9.17) is 23.2 Å². The summed E-state index contributed by atoms with van der Waals surface area (Å²) in [6.45, 7) is 2.72. The van der Waals surface area contributed by atoms with Gasteiger partial charge in [0.25, 0.3) is 0 Å². The van der Waals surface area contributed by atoms with E-state index in [1.54, 1.807) is 13.1 Å². The Hall–Kier alpha value is -0.730. The van der Waals surface area contributed by atoms with E-state index >= 15 is 0 Å². The number of hydrogen-bond donors (Lipinski definition) is 2. The molecule has 1 aromatic carbocycles. The van der Waals surface area contributed by atoms with Crippen LogP contribution in [0.25, 0.3) is 0 Å². The molecule has 5 nitrogen and oxygen atoms in total. The molecule has 1 rings (SSSR count). The molecule has 0 aromatic heterocycles. The van der Waals surface area contributed by atoms with Gasteiger partial charge >= 0.3 is 5.97 Å². The van der Waals surface area contributed by atoms with Gasteiger partial charge in [0.05, 0.1) is 13.2 Å². The Labute approximate surface area is 170 Å². The molecule has 0 amide bonds. The number of methoxy groups -OCH3 is 1. The van der Waals surface area contributed by atoms with Gasteiger partial charge in [0.1, 0.15) is 0 Å². The predicted molar refractivity (Wildman–Crippen MR) is 111 cm³/mol. The molecule has 0 spiro atoms. The summed E-state index contributed by atoms with van der Waals surface area (Å²) in [7, 11) is 3.11. The van der Waals surface area contributed by atoms with E-state index in [-0.39, 0.29) is 36.0 Å². The molecule has 2 N–H and O–H groups in total. The first-order chi connectivity index (χ1) is 11.0. The minimum absolute atomic E-state index is 0. The van der Waals surface area contributed by atoms with Crippen molar-refractivity contribution in [3.8, 4) is 0 Å². The van der Waals surface area contributed by atoms with Crippen molar-refractivity contribution in [2.75, 3.05) is 20.7 Å². The van der Waals surface area contributed by atoms with Gasteiger partial charge in [0, 0.05) is 30.1 Å². The van der Waals surface area contributed by atoms with Crippen molar-refractivity contribution in [3.63, 3.8) is 0 Å². The third kappa shape index (κ3) is 8.39. The van der Waals surface area contributed by atoms with Crippen molar-refractivity contribution in [1.82, 2.24) is 10.6 Å². The zero-order chi connectivity index (χ0) is 17.2. The molecular formula is C16H24Cl2IN3O2. The summed E-state index contributed by atoms with van der Waals surface area (Å²) in [6.07, 6.45) is 2.06. The zero-order valence-electron chi connectivity index (χ0n) is 14.1. The highest BCUT2D eigenvalue weighted by molar-refractivity contribution is 14.0. The van der Waals surface area contributed by atoms with Crippen molar-refractivity contribution in [2.24, 2.45) is 4.99 Å². The fourth-order valence-corrected chi connectivity index (χ4v) is 2.61. The molecule has 0 heterocycles. The van der Waals surface area contributed by atoms with Crippen LogP contribution in [0, 0.1) is 0 Å². The first-order valence-electron chi connectivity index (χ1n) is 7.47. The number of carbonyl (C=O) groups excluding carboxylic acids is 1. The minimum Gasteiger partial charge on any atom is -0.469 e. The Kier molecular flexibility index (Phi) is 12.2. The number of rotatable bonds is 7. The van der Waals surface area contributed by atoms with Gasteiger partial charge in [-0.3, -0.25) is 9.79 Å². The Morgan fingerprint density at radius 3 is 2.62 bits per heavy atom. The van der Waals surface area contributed by atoms with E-state index in [0.717, 1.165) is 24.9 Å². The minimum atomic E-state index is -0.182. The third-order valence-corrected chi connectivity index (χ3v) is 3.90. The van der Waals surface area contributed by atoms with Crippen LogP contribution < -0.4 is 10.6 Å². The quantitative estimate of drug-likeness (QED) is 0.199. The number of unbranched alkanes of at least 4 members (excludes halogenated alkanes) is 1. The summed E-state index contributed by atoms with van der Waals surface area (Å²) in [4.78, 5) is 15.2. The van der Waals surface area contributed by atoms with Crippen LogP contribution in [-0.2, 0) is 9.53 Å². The van der Waals surface area contributed by atoms with Crippen LogP contribution in [-0.4, -0.2) is 32.6 Å². The van der Waals surface area contributed by atoms with Crippen LogP contribution in [0.4, 0.5) is 0 Å². The maximum absolute atomic E-state index is 11.0. The van der Waals surface area contributed by atoms with Crippen molar-refractivity contribution >= 4 is 59.1 Å². The summed E-state index contributed by atoms with van der Waals surface area (Å²) in [5, 5.41) is 7.71. The molecule has 0 aliphatic rings. The van der Waals surface area contributed by atoms with E-state index < -0.39 is 0 Å². The number of benzene rings is 1. The predicted octanol–water partition coefficient (Wildman–Crippen LogP) is 4.18. The number of guanidine groups is 1. The Balaban J connectivity index is 0.00000529. The largest absolute Gasteiger partial charge is 0.469 e. The molecule has 1 unspecified atom stereocenters. The highest BCUT2D eigenvalue weighted by Crippen LogP contribution is 2.25. The van der Waals surface area contributed by atoms with Gasteiger partial charge in [-0.1, -0.05) is 29.3 Å². The average molecular weight is 488 g/mol. The van der Waals surface area contributed by atoms with Crippen molar-refractivity contribution < 1.29 is 9.53 Å². The van der Waals surface area contributed by atoms with E-state index in [1.165, 1.54) is 7.11 Å². The van der Waals surface area contributed by atoms with Gasteiger partial charge < -0.3 is 15.4 Å². The van der Waals surface area contributed by atoms with Crippen molar-refractivity contribution in [1.29, 1.82) is 0 Å². The lowest BCUT2D eigenvalue weighted by Gasteiger charge is -2.19. The van der Waals surface area contributed by atoms with E-state index in [1.807, 2.05) is 19.1 Å². The Morgan fingerprint density at radius 1 is 1.33 bits per heavy atom. The molecule has 0 aliphatic heterocycles. The van der Waals surface area contributed by atoms with Gasteiger partial charge in [-0.2, -0.15) is 0 Å². The first kappa shape index (κ1) is 23.3.